The topological polar surface area (TPSA) is 210 Å². The molecule has 17 nitrogen and oxygen atoms in total. The van der Waals surface area contributed by atoms with Crippen LogP contribution in [0.4, 0.5) is 51.6 Å². The summed E-state index contributed by atoms with van der Waals surface area (Å²) in [5.41, 5.74) is 17.8. The van der Waals surface area contributed by atoms with Crippen LogP contribution < -0.4 is 9.80 Å². The Labute approximate surface area is 734 Å². The molecule has 0 bridgehead atoms. The molecule has 0 aliphatic heterocycles. The van der Waals surface area contributed by atoms with Crippen LogP contribution in [0.1, 0.15) is 22.6 Å². The van der Waals surface area contributed by atoms with Gasteiger partial charge in [0.25, 0.3) is 17.2 Å². The van der Waals surface area contributed by atoms with Crippen LogP contribution in [0.3, 0.4) is 0 Å². The van der Waals surface area contributed by atoms with Gasteiger partial charge < -0.3 is 33.9 Å². The molecule has 0 unspecified atom stereocenters. The summed E-state index contributed by atoms with van der Waals surface area (Å²) in [7, 11) is 2.48. The number of aryl methyl sites for hydroxylation is 1. The molecule has 20 heteroatoms. The fourth-order valence-electron chi connectivity index (χ4n) is 15.4. The van der Waals surface area contributed by atoms with Gasteiger partial charge in [-0.05, 0) is 146 Å². The van der Waals surface area contributed by atoms with Crippen LogP contribution in [-0.2, 0) is 20.1 Å². The SMILES string of the molecule is Cc1cccnc1-c1[c-]cccc1.[2H]N=P.[C-]#[N+]c1nc2c(nc1C#N)c1nc(C#N)c(C#N)nc1c1nc([N+]#[C-])c([N+]#[C-])nc21.[Ir].c1ccc(-c2ccc(-n3c4ccccc4c4ccc5c6ccccc6sc5c43)cc2)cc1.c1ccc(N(c2ccc(-c3ccc(N(c4ccccc4)c4cccc5ccccc45)cc3)cc2)c2cccc3ccccc23)cc1. The van der Waals surface area contributed by atoms with E-state index in [9.17, 15) is 15.8 Å². The molecule has 0 saturated carbocycles. The normalized spacial score (nSPS) is 10.7. The van der Waals surface area contributed by atoms with E-state index in [-0.39, 0.29) is 87.7 Å². The van der Waals surface area contributed by atoms with Gasteiger partial charge in [-0.25, -0.2) is 15.0 Å². The summed E-state index contributed by atoms with van der Waals surface area (Å²) in [6.07, 6.45) is 1.81. The van der Waals surface area contributed by atoms with E-state index >= 15 is 0 Å². The van der Waals surface area contributed by atoms with Gasteiger partial charge in [0.05, 0.1) is 27.1 Å². The van der Waals surface area contributed by atoms with Crippen molar-refractivity contribution in [2.45, 2.75) is 6.92 Å². The van der Waals surface area contributed by atoms with Gasteiger partial charge in [-0.2, -0.15) is 15.8 Å². The first-order chi connectivity index (χ1) is 61.1. The van der Waals surface area contributed by atoms with Gasteiger partial charge >= 0.3 is 5.82 Å². The second-order valence-electron chi connectivity index (χ2n) is 28.0. The monoisotopic (exact) mass is 1810 g/mol. The second-order valence-corrected chi connectivity index (χ2v) is 29.1. The van der Waals surface area contributed by atoms with Gasteiger partial charge in [0.15, 0.2) is 18.5 Å². The molecule has 0 saturated heterocycles. The van der Waals surface area contributed by atoms with Crippen molar-refractivity contribution in [3.8, 4) is 57.4 Å². The Kier molecular flexibility index (Phi) is 23.6. The smallest absolute Gasteiger partial charge is 0.307 e. The summed E-state index contributed by atoms with van der Waals surface area (Å²) >= 11 is 1.89. The Hall–Kier alpha value is -16.7. The average molecular weight is 1810 g/mol. The summed E-state index contributed by atoms with van der Waals surface area (Å²) in [5, 5.41) is 40.6. The number of pyridine rings is 1. The predicted molar refractivity (Wildman–Crippen MR) is 498 cm³/mol. The van der Waals surface area contributed by atoms with E-state index in [2.05, 4.69) is 406 Å². The molecule has 0 amide bonds. The van der Waals surface area contributed by atoms with Crippen molar-refractivity contribution in [1.29, 1.82) is 20.9 Å². The first-order valence-electron chi connectivity index (χ1n) is 39.2. The molecule has 6 aromatic heterocycles. The Balaban J connectivity index is 0.000000129. The number of nitrogens with one attached hydrogen (secondary N) is 1. The summed E-state index contributed by atoms with van der Waals surface area (Å²) in [6, 6.07) is 131. The third kappa shape index (κ3) is 15.8. The van der Waals surface area contributed by atoms with Crippen molar-refractivity contribution in [3.05, 3.63) is 415 Å². The quantitative estimate of drug-likeness (QED) is 0.0770. The molecule has 6 heterocycles. The van der Waals surface area contributed by atoms with Crippen LogP contribution in [0.15, 0.2) is 352 Å². The van der Waals surface area contributed by atoms with Crippen molar-refractivity contribution < 1.29 is 21.5 Å². The third-order valence-corrected chi connectivity index (χ3v) is 22.1. The minimum absolute atomic E-state index is 0. The van der Waals surface area contributed by atoms with Crippen LogP contribution in [0, 0.1) is 71.9 Å². The van der Waals surface area contributed by atoms with E-state index in [1.807, 2.05) is 47.9 Å². The number of nitriles is 3. The number of anilines is 6. The minimum atomic E-state index is -0.298. The number of hydrogen-bond donors (Lipinski definition) is 1. The van der Waals surface area contributed by atoms with Crippen molar-refractivity contribution in [2.24, 2.45) is 0 Å². The van der Waals surface area contributed by atoms with Gasteiger partial charge in [0, 0.05) is 91.8 Å². The molecule has 124 heavy (non-hydrogen) atoms. The average Bonchev–Trinajstić information content (AvgIpc) is 1.71. The summed E-state index contributed by atoms with van der Waals surface area (Å²) in [5.74, 6) is -0.890. The standard InChI is InChI=1S/C44H32N2.C30H19NS.C18N12.C12H10N.Ir.H2NP/c1-3-17-37(18-4-1)45(43-23-11-15-35-13-7-9-21-41(35)43)39-29-25-33(26-30-39)34-27-31-40(32-28-34)46(38-19-5-2-6-20-38)44-24-12-16-36-14-8-10-22-42(36)44;1-2-8-20(9-3-1)21-14-16-22(17-15-21)31-27-12-6-4-10-23(27)25-18-19-26-24-11-5-7-13-28(24)32-30(26)29(25)31;1-22-16-9(6-21)27-12-10-11(26-8(5-20)7(4-19)25-10)14-15(13(12)28-16)30-18(24-3)17(23-2)29-14;1-10-6-5-9-13-12(10)11-7-3-2-4-8-11;;1-2/h1-32H;1-19H;;2-7,9H,1H3;;1-2H/q;;;-1;;/i/hD. The van der Waals surface area contributed by atoms with Crippen LogP contribution in [0.2, 0.25) is 1.41 Å². The first kappa shape index (κ1) is 79.8. The van der Waals surface area contributed by atoms with E-state index in [4.69, 9.17) is 21.1 Å². The molecular weight excluding hydrogens is 1740 g/mol. The zero-order valence-electron chi connectivity index (χ0n) is 66.8. The van der Waals surface area contributed by atoms with E-state index < -0.39 is 0 Å². The van der Waals surface area contributed by atoms with E-state index in [0.717, 1.165) is 45.4 Å². The Morgan fingerprint density at radius 3 is 1.31 bits per heavy atom. The summed E-state index contributed by atoms with van der Waals surface area (Å²) in [6.45, 7) is 23.8. The number of para-hydroxylation sites is 3. The van der Waals surface area contributed by atoms with Crippen molar-refractivity contribution in [1.82, 2.24) is 39.5 Å². The van der Waals surface area contributed by atoms with Crippen molar-refractivity contribution in [3.63, 3.8) is 0 Å². The molecule has 21 aromatic rings. The molecule has 1 radical (unpaired) electrons. The Morgan fingerprint density at radius 1 is 0.403 bits per heavy atom. The third-order valence-electron chi connectivity index (χ3n) is 21.0. The molecule has 585 valence electrons. The van der Waals surface area contributed by atoms with Gasteiger partial charge in [-0.3, -0.25) is 5.15 Å². The molecule has 0 aliphatic rings. The molecular formula is C104H63IrN17PS-. The molecule has 0 spiro atoms. The van der Waals surface area contributed by atoms with Crippen LogP contribution in [0.5, 0.6) is 0 Å². The van der Waals surface area contributed by atoms with E-state index in [0.29, 0.717) is 0 Å². The Morgan fingerprint density at radius 2 is 0.815 bits per heavy atom. The zero-order chi connectivity index (χ0) is 85.0. The van der Waals surface area contributed by atoms with Crippen LogP contribution in [0.25, 0.3) is 150 Å². The zero-order valence-corrected chi connectivity index (χ0v) is 70.0. The number of aromatic nitrogens is 8. The maximum atomic E-state index is 9.30. The van der Waals surface area contributed by atoms with Crippen molar-refractivity contribution in [2.75, 3.05) is 9.80 Å². The van der Waals surface area contributed by atoms with Gasteiger partial charge in [0.2, 0.25) is 11.0 Å². The number of fused-ring (bicyclic) bond motifs is 15. The maximum Gasteiger partial charge on any atom is 0.307 e. The predicted octanol–water partition coefficient (Wildman–Crippen LogP) is 27.9. The first-order valence-corrected chi connectivity index (χ1v) is 40.0. The van der Waals surface area contributed by atoms with E-state index in [1.165, 1.54) is 97.0 Å². The fourth-order valence-corrected chi connectivity index (χ4v) is 16.6. The summed E-state index contributed by atoms with van der Waals surface area (Å²) in [4.78, 5) is 43.4. The van der Waals surface area contributed by atoms with Gasteiger partial charge in [-0.1, -0.05) is 256 Å². The minimum Gasteiger partial charge on any atom is -0.370 e. The molecule has 1 N–H and O–H groups in total. The largest absolute Gasteiger partial charge is 0.370 e. The van der Waals surface area contributed by atoms with E-state index in [1.54, 1.807) is 18.2 Å². The molecule has 15 aromatic carbocycles. The van der Waals surface area contributed by atoms with Crippen molar-refractivity contribution >= 4 is 169 Å². The number of hydrogen-bond acceptors (Lipinski definition) is 14. The number of rotatable bonds is 10. The number of benzene rings is 15. The number of thiophene rings is 1. The van der Waals surface area contributed by atoms with Crippen LogP contribution in [-0.4, -0.2) is 39.5 Å². The molecule has 0 aliphatic carbocycles. The number of nitrogens with zero attached hydrogens (tertiary/aromatic N) is 16. The Bertz CT molecular complexity index is 7410. The molecule has 21 rings (SSSR count). The van der Waals surface area contributed by atoms with Crippen LogP contribution >= 0.6 is 20.4 Å². The van der Waals surface area contributed by atoms with Gasteiger partial charge in [-0.15, -0.1) is 62.2 Å². The van der Waals surface area contributed by atoms with Gasteiger partial charge in [0.1, 0.15) is 34.8 Å². The summed E-state index contributed by atoms with van der Waals surface area (Å²) < 4.78 is 10.9. The second kappa shape index (κ2) is 36.7. The fraction of sp³-hybridized carbons (Fsp3) is 0.00962. The molecule has 0 fully saturated rings. The molecule has 0 atom stereocenters. The maximum absolute atomic E-state index is 9.30.